The smallest absolute Gasteiger partial charge is 0.160 e. The van der Waals surface area contributed by atoms with Gasteiger partial charge in [0.25, 0.3) is 0 Å². The van der Waals surface area contributed by atoms with Crippen LogP contribution in [0.15, 0.2) is 24.5 Å². The van der Waals surface area contributed by atoms with Gasteiger partial charge in [0.05, 0.1) is 18.1 Å². The van der Waals surface area contributed by atoms with Gasteiger partial charge in [-0.3, -0.25) is 4.68 Å². The number of hydrogen-bond acceptors (Lipinski definition) is 3. The van der Waals surface area contributed by atoms with Crippen molar-refractivity contribution in [3.8, 4) is 0 Å². The SMILES string of the molecule is CCc1nn(C)cc1Cn1c(CCl)nc2cccnc21. The Hall–Kier alpha value is -1.88. The number of pyridine rings is 1. The highest BCUT2D eigenvalue weighted by Gasteiger charge is 2.14. The second kappa shape index (κ2) is 5.25. The van der Waals surface area contributed by atoms with Gasteiger partial charge in [-0.15, -0.1) is 11.6 Å². The molecule has 0 saturated carbocycles. The average Bonchev–Trinajstić information content (AvgIpc) is 3.00. The Bertz CT molecular complexity index is 743. The first-order valence-electron chi connectivity index (χ1n) is 6.60. The molecule has 20 heavy (non-hydrogen) atoms. The number of rotatable bonds is 4. The van der Waals surface area contributed by atoms with E-state index in [1.165, 1.54) is 5.56 Å². The average molecular weight is 290 g/mol. The maximum atomic E-state index is 6.02. The Morgan fingerprint density at radius 1 is 1.35 bits per heavy atom. The van der Waals surface area contributed by atoms with E-state index in [1.54, 1.807) is 6.20 Å². The number of imidazole rings is 1. The maximum Gasteiger partial charge on any atom is 0.160 e. The van der Waals surface area contributed by atoms with Crippen molar-refractivity contribution >= 4 is 22.8 Å². The fourth-order valence-corrected chi connectivity index (χ4v) is 2.66. The van der Waals surface area contributed by atoms with Crippen molar-refractivity contribution in [2.75, 3.05) is 0 Å². The summed E-state index contributed by atoms with van der Waals surface area (Å²) in [6.07, 6.45) is 4.74. The molecule has 5 nitrogen and oxygen atoms in total. The lowest BCUT2D eigenvalue weighted by atomic mass is 10.2. The van der Waals surface area contributed by atoms with Crippen molar-refractivity contribution in [2.24, 2.45) is 7.05 Å². The van der Waals surface area contributed by atoms with Crippen molar-refractivity contribution < 1.29 is 0 Å². The number of nitrogens with zero attached hydrogens (tertiary/aromatic N) is 5. The van der Waals surface area contributed by atoms with Gasteiger partial charge < -0.3 is 4.57 Å². The van der Waals surface area contributed by atoms with Gasteiger partial charge in [0.1, 0.15) is 11.3 Å². The first-order valence-corrected chi connectivity index (χ1v) is 7.14. The van der Waals surface area contributed by atoms with Gasteiger partial charge in [0.15, 0.2) is 5.65 Å². The zero-order valence-corrected chi connectivity index (χ0v) is 12.3. The summed E-state index contributed by atoms with van der Waals surface area (Å²) in [5, 5.41) is 4.47. The molecule has 0 saturated heterocycles. The molecular formula is C14H16ClN5. The predicted octanol–water partition coefficient (Wildman–Crippen LogP) is 2.51. The monoisotopic (exact) mass is 289 g/mol. The third kappa shape index (κ3) is 2.18. The summed E-state index contributed by atoms with van der Waals surface area (Å²) in [7, 11) is 1.94. The van der Waals surface area contributed by atoms with Crippen LogP contribution in [0, 0.1) is 0 Å². The third-order valence-corrected chi connectivity index (χ3v) is 3.60. The van der Waals surface area contributed by atoms with Crippen LogP contribution in [-0.2, 0) is 25.9 Å². The Morgan fingerprint density at radius 2 is 2.20 bits per heavy atom. The summed E-state index contributed by atoms with van der Waals surface area (Å²) in [5.74, 6) is 1.21. The van der Waals surface area contributed by atoms with E-state index in [9.17, 15) is 0 Å². The van der Waals surface area contributed by atoms with Gasteiger partial charge in [-0.05, 0) is 18.6 Å². The minimum Gasteiger partial charge on any atom is -0.307 e. The first-order chi connectivity index (χ1) is 9.72. The minimum absolute atomic E-state index is 0.373. The summed E-state index contributed by atoms with van der Waals surface area (Å²) in [5.41, 5.74) is 4.04. The lowest BCUT2D eigenvalue weighted by molar-refractivity contribution is 0.746. The highest BCUT2D eigenvalue weighted by molar-refractivity contribution is 6.16. The van der Waals surface area contributed by atoms with Crippen LogP contribution in [-0.4, -0.2) is 24.3 Å². The van der Waals surface area contributed by atoms with Gasteiger partial charge in [0.2, 0.25) is 0 Å². The van der Waals surface area contributed by atoms with E-state index in [0.29, 0.717) is 12.4 Å². The summed E-state index contributed by atoms with van der Waals surface area (Å²) in [6, 6.07) is 3.85. The summed E-state index contributed by atoms with van der Waals surface area (Å²) >= 11 is 6.02. The van der Waals surface area contributed by atoms with Gasteiger partial charge in [0, 0.05) is 25.0 Å². The van der Waals surface area contributed by atoms with Crippen molar-refractivity contribution in [2.45, 2.75) is 25.8 Å². The molecule has 0 aliphatic rings. The van der Waals surface area contributed by atoms with Crippen LogP contribution in [0.25, 0.3) is 11.2 Å². The normalized spacial score (nSPS) is 11.3. The first kappa shape index (κ1) is 13.1. The molecular weight excluding hydrogens is 274 g/mol. The van der Waals surface area contributed by atoms with Crippen LogP contribution in [0.1, 0.15) is 24.0 Å². The molecule has 0 radical (unpaired) electrons. The number of fused-ring (bicyclic) bond motifs is 1. The second-order valence-corrected chi connectivity index (χ2v) is 4.99. The van der Waals surface area contributed by atoms with E-state index in [0.717, 1.165) is 29.1 Å². The molecule has 0 fully saturated rings. The van der Waals surface area contributed by atoms with E-state index < -0.39 is 0 Å². The van der Waals surface area contributed by atoms with Crippen LogP contribution in [0.3, 0.4) is 0 Å². The topological polar surface area (TPSA) is 48.5 Å². The minimum atomic E-state index is 0.373. The van der Waals surface area contributed by atoms with Gasteiger partial charge in [-0.25, -0.2) is 9.97 Å². The predicted molar refractivity (Wildman–Crippen MR) is 78.8 cm³/mol. The molecule has 104 valence electrons. The van der Waals surface area contributed by atoms with Gasteiger partial charge in [-0.2, -0.15) is 5.10 Å². The number of alkyl halides is 1. The van der Waals surface area contributed by atoms with Crippen LogP contribution >= 0.6 is 11.6 Å². The maximum absolute atomic E-state index is 6.02. The molecule has 0 aromatic carbocycles. The van der Waals surface area contributed by atoms with Crippen molar-refractivity contribution in [3.63, 3.8) is 0 Å². The molecule has 0 N–H and O–H groups in total. The van der Waals surface area contributed by atoms with E-state index in [-0.39, 0.29) is 0 Å². The highest BCUT2D eigenvalue weighted by atomic mass is 35.5. The molecule has 0 spiro atoms. The van der Waals surface area contributed by atoms with Crippen LogP contribution in [0.5, 0.6) is 0 Å². The number of aryl methyl sites for hydroxylation is 2. The molecule has 3 aromatic heterocycles. The summed E-state index contributed by atoms with van der Waals surface area (Å²) in [6.45, 7) is 2.81. The van der Waals surface area contributed by atoms with E-state index >= 15 is 0 Å². The quantitative estimate of drug-likeness (QED) is 0.694. The fraction of sp³-hybridized carbons (Fsp3) is 0.357. The van der Waals surface area contributed by atoms with Crippen LogP contribution in [0.4, 0.5) is 0 Å². The molecule has 0 aliphatic heterocycles. The van der Waals surface area contributed by atoms with Crippen LogP contribution < -0.4 is 0 Å². The van der Waals surface area contributed by atoms with Crippen molar-refractivity contribution in [1.29, 1.82) is 0 Å². The molecule has 3 rings (SSSR count). The van der Waals surface area contributed by atoms with Crippen molar-refractivity contribution in [1.82, 2.24) is 24.3 Å². The van der Waals surface area contributed by atoms with Gasteiger partial charge >= 0.3 is 0 Å². The number of aromatic nitrogens is 5. The van der Waals surface area contributed by atoms with Gasteiger partial charge in [-0.1, -0.05) is 6.92 Å². The molecule has 0 atom stereocenters. The summed E-state index contributed by atoms with van der Waals surface area (Å²) < 4.78 is 3.92. The molecule has 3 aromatic rings. The molecule has 3 heterocycles. The van der Waals surface area contributed by atoms with Crippen molar-refractivity contribution in [3.05, 3.63) is 41.6 Å². The Morgan fingerprint density at radius 3 is 2.95 bits per heavy atom. The highest BCUT2D eigenvalue weighted by Crippen LogP contribution is 2.18. The lowest BCUT2D eigenvalue weighted by Crippen LogP contribution is -2.05. The van der Waals surface area contributed by atoms with E-state index in [4.69, 9.17) is 11.6 Å². The number of halogens is 1. The molecule has 0 aliphatic carbocycles. The molecule has 0 amide bonds. The standard InChI is InChI=1S/C14H16ClN5/c1-3-11-10(8-19(2)18-11)9-20-13(7-15)17-12-5-4-6-16-14(12)20/h4-6,8H,3,7,9H2,1-2H3. The largest absolute Gasteiger partial charge is 0.307 e. The molecule has 6 heteroatoms. The zero-order chi connectivity index (χ0) is 14.1. The molecule has 0 unspecified atom stereocenters. The second-order valence-electron chi connectivity index (χ2n) is 4.72. The third-order valence-electron chi connectivity index (χ3n) is 3.36. The van der Waals surface area contributed by atoms with E-state index in [2.05, 4.69) is 26.6 Å². The lowest BCUT2D eigenvalue weighted by Gasteiger charge is -2.06. The zero-order valence-electron chi connectivity index (χ0n) is 11.5. The molecule has 0 bridgehead atoms. The van der Waals surface area contributed by atoms with E-state index in [1.807, 2.05) is 30.1 Å². The van der Waals surface area contributed by atoms with Crippen LogP contribution in [0.2, 0.25) is 0 Å². The number of hydrogen-bond donors (Lipinski definition) is 0. The Labute approximate surface area is 122 Å². The fourth-order valence-electron chi connectivity index (χ4n) is 2.46. The Balaban J connectivity index is 2.09. The summed E-state index contributed by atoms with van der Waals surface area (Å²) in [4.78, 5) is 8.95. The Kier molecular flexibility index (Phi) is 3.44.